The molecule has 1 saturated heterocycles. The number of hydrogen-bond donors (Lipinski definition) is 0. The van der Waals surface area contributed by atoms with Crippen LogP contribution in [0, 0.1) is 13.8 Å². The van der Waals surface area contributed by atoms with Crippen LogP contribution in [-0.2, 0) is 4.79 Å². The zero-order valence-corrected chi connectivity index (χ0v) is 15.3. The molecule has 0 unspecified atom stereocenters. The summed E-state index contributed by atoms with van der Waals surface area (Å²) in [4.78, 5) is 14.8. The van der Waals surface area contributed by atoms with Gasteiger partial charge in [0.05, 0.1) is 12.8 Å². The molecule has 0 aromatic heterocycles. The Kier molecular flexibility index (Phi) is 5.00. The van der Waals surface area contributed by atoms with Gasteiger partial charge in [0.2, 0.25) is 0 Å². The monoisotopic (exact) mass is 335 g/mol. The summed E-state index contributed by atoms with van der Waals surface area (Å²) >= 11 is 0. The Hall–Kier alpha value is -2.46. The van der Waals surface area contributed by atoms with Gasteiger partial charge in [-0.3, -0.25) is 9.69 Å². The van der Waals surface area contributed by atoms with Crippen molar-refractivity contribution in [3.05, 3.63) is 70.8 Å². The molecule has 2 aromatic carbocycles. The lowest BCUT2D eigenvalue weighted by molar-refractivity contribution is -0.128. The molecule has 1 aliphatic rings. The van der Waals surface area contributed by atoms with E-state index in [0.29, 0.717) is 6.54 Å². The molecule has 1 heterocycles. The zero-order valence-electron chi connectivity index (χ0n) is 15.3. The molecule has 1 amide bonds. The van der Waals surface area contributed by atoms with E-state index in [9.17, 15) is 4.79 Å². The smallest absolute Gasteiger partial charge is 0.258 e. The van der Waals surface area contributed by atoms with Crippen molar-refractivity contribution >= 4 is 12.1 Å². The normalized spacial score (nSPS) is 18.7. The minimum Gasteiger partial charge on any atom is -0.271 e. The van der Waals surface area contributed by atoms with Gasteiger partial charge in [0.25, 0.3) is 5.91 Å². The summed E-state index contributed by atoms with van der Waals surface area (Å²) in [6, 6.07) is 16.7. The van der Waals surface area contributed by atoms with E-state index in [-0.39, 0.29) is 18.1 Å². The van der Waals surface area contributed by atoms with Crippen LogP contribution in [0.1, 0.15) is 42.3 Å². The molecule has 0 radical (unpaired) electrons. The Morgan fingerprint density at radius 3 is 2.12 bits per heavy atom. The zero-order chi connectivity index (χ0) is 18.0. The summed E-state index contributed by atoms with van der Waals surface area (Å²) in [5.41, 5.74) is 4.49. The van der Waals surface area contributed by atoms with Crippen LogP contribution < -0.4 is 0 Å². The molecule has 1 aliphatic heterocycles. The molecule has 4 heteroatoms. The fourth-order valence-corrected chi connectivity index (χ4v) is 3.04. The van der Waals surface area contributed by atoms with Gasteiger partial charge in [-0.1, -0.05) is 59.7 Å². The van der Waals surface area contributed by atoms with Crippen LogP contribution in [0.2, 0.25) is 0 Å². The molecule has 25 heavy (non-hydrogen) atoms. The predicted octanol–water partition coefficient (Wildman–Crippen LogP) is 3.89. The minimum atomic E-state index is -0.158. The van der Waals surface area contributed by atoms with E-state index in [2.05, 4.69) is 62.0 Å². The average molecular weight is 335 g/mol. The lowest BCUT2D eigenvalue weighted by Gasteiger charge is -2.30. The predicted molar refractivity (Wildman–Crippen MR) is 101 cm³/mol. The molecular weight excluding hydrogens is 310 g/mol. The second kappa shape index (κ2) is 7.19. The maximum Gasteiger partial charge on any atom is 0.258 e. The Bertz CT molecular complexity index is 763. The number of rotatable bonds is 4. The topological polar surface area (TPSA) is 35.9 Å². The Morgan fingerprint density at radius 1 is 1.00 bits per heavy atom. The van der Waals surface area contributed by atoms with E-state index >= 15 is 0 Å². The van der Waals surface area contributed by atoms with Gasteiger partial charge >= 0.3 is 0 Å². The first-order valence-corrected chi connectivity index (χ1v) is 8.71. The average Bonchev–Trinajstić information content (AvgIpc) is 2.92. The van der Waals surface area contributed by atoms with Crippen molar-refractivity contribution in [2.45, 2.75) is 39.9 Å². The summed E-state index contributed by atoms with van der Waals surface area (Å²) < 4.78 is 0. The first-order chi connectivity index (χ1) is 12.0. The standard InChI is InChI=1S/C21H25N3O/c1-15(2)23-14-20(25)24(21(23)19-11-7-17(4)8-12-19)22-13-18-9-5-16(3)6-10-18/h5-13,15,21H,14H2,1-4H3/b22-13-/t21-/m1/s1. The van der Waals surface area contributed by atoms with Crippen LogP contribution in [0.4, 0.5) is 0 Å². The van der Waals surface area contributed by atoms with Crippen LogP contribution in [-0.4, -0.2) is 34.6 Å². The van der Waals surface area contributed by atoms with Gasteiger partial charge in [-0.05, 0) is 38.8 Å². The van der Waals surface area contributed by atoms with Crippen molar-refractivity contribution < 1.29 is 4.79 Å². The van der Waals surface area contributed by atoms with Gasteiger partial charge in [-0.15, -0.1) is 0 Å². The quantitative estimate of drug-likeness (QED) is 0.795. The van der Waals surface area contributed by atoms with E-state index in [4.69, 9.17) is 0 Å². The van der Waals surface area contributed by atoms with Crippen LogP contribution in [0.5, 0.6) is 0 Å². The molecule has 4 nitrogen and oxygen atoms in total. The van der Waals surface area contributed by atoms with Crippen LogP contribution in [0.15, 0.2) is 53.6 Å². The highest BCUT2D eigenvalue weighted by Crippen LogP contribution is 2.32. The number of hydrazone groups is 1. The molecule has 1 fully saturated rings. The number of amides is 1. The van der Waals surface area contributed by atoms with Gasteiger partial charge < -0.3 is 0 Å². The second-order valence-electron chi connectivity index (χ2n) is 6.94. The maximum absolute atomic E-state index is 12.6. The number of carbonyl (C=O) groups excluding carboxylic acids is 1. The van der Waals surface area contributed by atoms with E-state index in [1.54, 1.807) is 11.2 Å². The van der Waals surface area contributed by atoms with Crippen molar-refractivity contribution in [1.29, 1.82) is 0 Å². The minimum absolute atomic E-state index is 0.0302. The lowest BCUT2D eigenvalue weighted by atomic mass is 10.1. The molecule has 0 aliphatic carbocycles. The van der Waals surface area contributed by atoms with Crippen molar-refractivity contribution in [3.8, 4) is 0 Å². The van der Waals surface area contributed by atoms with Crippen molar-refractivity contribution in [1.82, 2.24) is 9.91 Å². The molecule has 2 aromatic rings. The Balaban J connectivity index is 1.92. The van der Waals surface area contributed by atoms with E-state index in [0.717, 1.165) is 11.1 Å². The highest BCUT2D eigenvalue weighted by atomic mass is 16.2. The van der Waals surface area contributed by atoms with Crippen LogP contribution in [0.25, 0.3) is 0 Å². The largest absolute Gasteiger partial charge is 0.271 e. The SMILES string of the molecule is Cc1ccc(/C=N\N2C(=O)CN(C(C)C)[C@H]2c2ccc(C)cc2)cc1. The number of benzene rings is 2. The number of aryl methyl sites for hydroxylation is 2. The Morgan fingerprint density at radius 2 is 1.56 bits per heavy atom. The summed E-state index contributed by atoms with van der Waals surface area (Å²) in [6.45, 7) is 8.74. The molecule has 1 atom stereocenters. The van der Waals surface area contributed by atoms with E-state index in [1.165, 1.54) is 11.1 Å². The first-order valence-electron chi connectivity index (χ1n) is 8.71. The van der Waals surface area contributed by atoms with E-state index < -0.39 is 0 Å². The second-order valence-corrected chi connectivity index (χ2v) is 6.94. The third-order valence-electron chi connectivity index (χ3n) is 4.57. The molecule has 0 saturated carbocycles. The van der Waals surface area contributed by atoms with Crippen LogP contribution >= 0.6 is 0 Å². The fourth-order valence-electron chi connectivity index (χ4n) is 3.04. The fraction of sp³-hybridized carbons (Fsp3) is 0.333. The number of carbonyl (C=O) groups is 1. The number of hydrogen-bond acceptors (Lipinski definition) is 3. The molecular formula is C21H25N3O. The van der Waals surface area contributed by atoms with Gasteiger partial charge in [0.1, 0.15) is 6.17 Å². The Labute approximate surface area is 149 Å². The van der Waals surface area contributed by atoms with Gasteiger partial charge in [0.15, 0.2) is 0 Å². The third-order valence-corrected chi connectivity index (χ3v) is 4.57. The number of nitrogens with zero attached hydrogens (tertiary/aromatic N) is 3. The summed E-state index contributed by atoms with van der Waals surface area (Å²) in [5.74, 6) is 0.0302. The van der Waals surface area contributed by atoms with Crippen molar-refractivity contribution in [3.63, 3.8) is 0 Å². The van der Waals surface area contributed by atoms with Crippen molar-refractivity contribution in [2.75, 3.05) is 6.54 Å². The summed E-state index contributed by atoms with van der Waals surface area (Å²) in [5, 5.41) is 6.15. The molecule has 0 spiro atoms. The van der Waals surface area contributed by atoms with Gasteiger partial charge in [-0.25, -0.2) is 5.01 Å². The molecule has 3 rings (SSSR count). The van der Waals surface area contributed by atoms with Gasteiger partial charge in [0, 0.05) is 6.04 Å². The third kappa shape index (κ3) is 3.80. The van der Waals surface area contributed by atoms with Gasteiger partial charge in [-0.2, -0.15) is 5.10 Å². The highest BCUT2D eigenvalue weighted by molar-refractivity contribution is 5.84. The van der Waals surface area contributed by atoms with E-state index in [1.807, 2.05) is 24.3 Å². The maximum atomic E-state index is 12.6. The first kappa shape index (κ1) is 17.4. The van der Waals surface area contributed by atoms with Crippen molar-refractivity contribution in [2.24, 2.45) is 5.10 Å². The highest BCUT2D eigenvalue weighted by Gasteiger charge is 2.40. The lowest BCUT2D eigenvalue weighted by Crippen LogP contribution is -2.33. The molecule has 130 valence electrons. The summed E-state index contributed by atoms with van der Waals surface area (Å²) in [7, 11) is 0. The van der Waals surface area contributed by atoms with Crippen LogP contribution in [0.3, 0.4) is 0 Å². The molecule has 0 bridgehead atoms. The summed E-state index contributed by atoms with van der Waals surface area (Å²) in [6.07, 6.45) is 1.61. The molecule has 0 N–H and O–H groups in total.